The van der Waals surface area contributed by atoms with Crippen LogP contribution >= 0.6 is 0 Å². The SMILES string of the molecule is CC[C@H](NC(=O)N1CCOCC1CO)C(=O)O. The average molecular weight is 246 g/mol. The Kier molecular flexibility index (Phi) is 5.17. The van der Waals surface area contributed by atoms with E-state index in [2.05, 4.69) is 5.32 Å². The second-order valence-corrected chi connectivity index (χ2v) is 3.85. The number of carbonyl (C=O) groups excluding carboxylic acids is 1. The first-order valence-corrected chi connectivity index (χ1v) is 5.58. The Labute approximate surface area is 99.4 Å². The Bertz CT molecular complexity index is 284. The van der Waals surface area contributed by atoms with Crippen LogP contribution in [-0.4, -0.2) is 65.6 Å². The van der Waals surface area contributed by atoms with Gasteiger partial charge in [-0.15, -0.1) is 0 Å². The zero-order valence-corrected chi connectivity index (χ0v) is 9.76. The van der Waals surface area contributed by atoms with Crippen molar-refractivity contribution in [3.8, 4) is 0 Å². The molecule has 1 saturated heterocycles. The van der Waals surface area contributed by atoms with Crippen LogP contribution in [0.5, 0.6) is 0 Å². The number of aliphatic hydroxyl groups is 1. The molecular formula is C10H18N2O5. The first kappa shape index (κ1) is 13.7. The summed E-state index contributed by atoms with van der Waals surface area (Å²) in [5.74, 6) is -1.06. The molecule has 1 aliphatic heterocycles. The Morgan fingerprint density at radius 2 is 2.29 bits per heavy atom. The van der Waals surface area contributed by atoms with Gasteiger partial charge in [-0.2, -0.15) is 0 Å². The van der Waals surface area contributed by atoms with E-state index in [0.29, 0.717) is 19.6 Å². The molecule has 0 aromatic carbocycles. The monoisotopic (exact) mass is 246 g/mol. The van der Waals surface area contributed by atoms with Crippen LogP contribution in [0.25, 0.3) is 0 Å². The van der Waals surface area contributed by atoms with E-state index in [4.69, 9.17) is 14.9 Å². The van der Waals surface area contributed by atoms with Crippen molar-refractivity contribution < 1.29 is 24.5 Å². The molecular weight excluding hydrogens is 228 g/mol. The molecule has 0 bridgehead atoms. The number of urea groups is 1. The number of carboxylic acid groups (broad SMARTS) is 1. The molecule has 1 rings (SSSR count). The lowest BCUT2D eigenvalue weighted by Gasteiger charge is -2.35. The number of carbonyl (C=O) groups is 2. The van der Waals surface area contributed by atoms with Crippen molar-refractivity contribution >= 4 is 12.0 Å². The quantitative estimate of drug-likeness (QED) is 0.606. The molecule has 0 aliphatic carbocycles. The van der Waals surface area contributed by atoms with Gasteiger partial charge in [-0.05, 0) is 6.42 Å². The minimum absolute atomic E-state index is 0.197. The van der Waals surface area contributed by atoms with Crippen LogP contribution in [-0.2, 0) is 9.53 Å². The third-order valence-electron chi connectivity index (χ3n) is 2.70. The third-order valence-corrected chi connectivity index (χ3v) is 2.70. The Morgan fingerprint density at radius 3 is 2.82 bits per heavy atom. The molecule has 2 amide bonds. The maximum Gasteiger partial charge on any atom is 0.326 e. The minimum atomic E-state index is -1.06. The molecule has 7 heteroatoms. The summed E-state index contributed by atoms with van der Waals surface area (Å²) in [5.41, 5.74) is 0. The number of hydrogen-bond donors (Lipinski definition) is 3. The first-order valence-electron chi connectivity index (χ1n) is 5.58. The van der Waals surface area contributed by atoms with E-state index >= 15 is 0 Å². The van der Waals surface area contributed by atoms with Gasteiger partial charge in [0.05, 0.1) is 25.9 Å². The van der Waals surface area contributed by atoms with E-state index < -0.39 is 24.1 Å². The highest BCUT2D eigenvalue weighted by molar-refractivity contribution is 5.82. The van der Waals surface area contributed by atoms with Crippen molar-refractivity contribution in [3.63, 3.8) is 0 Å². The van der Waals surface area contributed by atoms with Crippen LogP contribution in [0, 0.1) is 0 Å². The van der Waals surface area contributed by atoms with Crippen LogP contribution in [0.1, 0.15) is 13.3 Å². The van der Waals surface area contributed by atoms with E-state index in [9.17, 15) is 9.59 Å². The number of ether oxygens (including phenoxy) is 1. The second kappa shape index (κ2) is 6.41. The molecule has 17 heavy (non-hydrogen) atoms. The number of aliphatic hydroxyl groups excluding tert-OH is 1. The topological polar surface area (TPSA) is 99.1 Å². The van der Waals surface area contributed by atoms with Crippen molar-refractivity contribution in [2.75, 3.05) is 26.4 Å². The summed E-state index contributed by atoms with van der Waals surface area (Å²) in [6.45, 7) is 2.51. The van der Waals surface area contributed by atoms with Gasteiger partial charge >= 0.3 is 12.0 Å². The van der Waals surface area contributed by atoms with E-state index in [1.54, 1.807) is 6.92 Å². The van der Waals surface area contributed by atoms with Crippen LogP contribution in [0.4, 0.5) is 4.79 Å². The lowest BCUT2D eigenvalue weighted by Crippen LogP contribution is -2.56. The van der Waals surface area contributed by atoms with Crippen molar-refractivity contribution in [1.82, 2.24) is 10.2 Å². The van der Waals surface area contributed by atoms with Gasteiger partial charge < -0.3 is 25.2 Å². The number of rotatable bonds is 4. The number of morpholine rings is 1. The maximum atomic E-state index is 11.8. The molecule has 7 nitrogen and oxygen atoms in total. The molecule has 98 valence electrons. The largest absolute Gasteiger partial charge is 0.480 e. The van der Waals surface area contributed by atoms with E-state index in [1.807, 2.05) is 0 Å². The number of aliphatic carboxylic acids is 1. The summed E-state index contributed by atoms with van der Waals surface area (Å²) in [4.78, 5) is 24.0. The van der Waals surface area contributed by atoms with Gasteiger partial charge in [0.25, 0.3) is 0 Å². The molecule has 1 aliphatic rings. The zero-order valence-electron chi connectivity index (χ0n) is 9.76. The highest BCUT2D eigenvalue weighted by Gasteiger charge is 2.29. The summed E-state index contributed by atoms with van der Waals surface area (Å²) in [6.07, 6.45) is 0.315. The summed E-state index contributed by atoms with van der Waals surface area (Å²) in [6, 6.07) is -1.78. The van der Waals surface area contributed by atoms with Crippen LogP contribution in [0.15, 0.2) is 0 Å². The number of nitrogens with one attached hydrogen (secondary N) is 1. The fourth-order valence-electron chi connectivity index (χ4n) is 1.64. The van der Waals surface area contributed by atoms with Gasteiger partial charge in [-0.25, -0.2) is 9.59 Å². The van der Waals surface area contributed by atoms with Gasteiger partial charge in [0.1, 0.15) is 6.04 Å². The summed E-state index contributed by atoms with van der Waals surface area (Å²) in [7, 11) is 0. The Morgan fingerprint density at radius 1 is 1.59 bits per heavy atom. The first-order chi connectivity index (χ1) is 8.10. The summed E-state index contributed by atoms with van der Waals surface area (Å²) < 4.78 is 5.13. The molecule has 0 aromatic heterocycles. The predicted molar refractivity (Wildman–Crippen MR) is 58.6 cm³/mol. The highest BCUT2D eigenvalue weighted by Crippen LogP contribution is 2.07. The normalized spacial score (nSPS) is 22.0. The van der Waals surface area contributed by atoms with Crippen LogP contribution < -0.4 is 5.32 Å². The van der Waals surface area contributed by atoms with Crippen LogP contribution in [0.2, 0.25) is 0 Å². The molecule has 1 fully saturated rings. The molecule has 1 heterocycles. The third kappa shape index (κ3) is 3.57. The standard InChI is InChI=1S/C10H18N2O5/c1-2-8(9(14)15)11-10(16)12-3-4-17-6-7(12)5-13/h7-8,13H,2-6H2,1H3,(H,11,16)(H,14,15)/t7?,8-/m0/s1. The molecule has 1 unspecified atom stereocenters. The van der Waals surface area contributed by atoms with Crippen LogP contribution in [0.3, 0.4) is 0 Å². The number of amides is 2. The number of carboxylic acids is 1. The van der Waals surface area contributed by atoms with Crippen molar-refractivity contribution in [2.24, 2.45) is 0 Å². The lowest BCUT2D eigenvalue weighted by atomic mass is 10.2. The lowest BCUT2D eigenvalue weighted by molar-refractivity contribution is -0.139. The van der Waals surface area contributed by atoms with E-state index in [0.717, 1.165) is 0 Å². The van der Waals surface area contributed by atoms with Crippen molar-refractivity contribution in [2.45, 2.75) is 25.4 Å². The van der Waals surface area contributed by atoms with Gasteiger partial charge in [0.2, 0.25) is 0 Å². The minimum Gasteiger partial charge on any atom is -0.480 e. The van der Waals surface area contributed by atoms with Gasteiger partial charge in [-0.1, -0.05) is 6.92 Å². The summed E-state index contributed by atoms with van der Waals surface area (Å²) in [5, 5.41) is 20.4. The molecule has 0 saturated carbocycles. The Balaban J connectivity index is 2.58. The Hall–Kier alpha value is -1.34. The molecule has 2 atom stereocenters. The summed E-state index contributed by atoms with van der Waals surface area (Å²) >= 11 is 0. The maximum absolute atomic E-state index is 11.8. The van der Waals surface area contributed by atoms with Gasteiger partial charge in [-0.3, -0.25) is 0 Å². The van der Waals surface area contributed by atoms with E-state index in [-0.39, 0.29) is 13.2 Å². The van der Waals surface area contributed by atoms with E-state index in [1.165, 1.54) is 4.90 Å². The average Bonchev–Trinajstić information content (AvgIpc) is 2.35. The molecule has 0 aromatic rings. The fraction of sp³-hybridized carbons (Fsp3) is 0.800. The van der Waals surface area contributed by atoms with Crippen molar-refractivity contribution in [1.29, 1.82) is 0 Å². The highest BCUT2D eigenvalue weighted by atomic mass is 16.5. The predicted octanol–water partition coefficient (Wildman–Crippen LogP) is -0.748. The fourth-order valence-corrected chi connectivity index (χ4v) is 1.64. The van der Waals surface area contributed by atoms with Gasteiger partial charge in [0.15, 0.2) is 0 Å². The molecule has 0 spiro atoms. The second-order valence-electron chi connectivity index (χ2n) is 3.85. The smallest absolute Gasteiger partial charge is 0.326 e. The number of nitrogens with zero attached hydrogens (tertiary/aromatic N) is 1. The molecule has 3 N–H and O–H groups in total. The zero-order chi connectivity index (χ0) is 12.8. The molecule has 0 radical (unpaired) electrons. The van der Waals surface area contributed by atoms with Gasteiger partial charge in [0, 0.05) is 6.54 Å². The number of hydrogen-bond acceptors (Lipinski definition) is 4. The van der Waals surface area contributed by atoms with Crippen molar-refractivity contribution in [3.05, 3.63) is 0 Å².